The Morgan fingerprint density at radius 1 is 1.24 bits per heavy atom. The van der Waals surface area contributed by atoms with Crippen molar-refractivity contribution in [2.75, 3.05) is 40.3 Å². The maximum atomic E-state index is 11.9. The molecular weight excluding hydrogens is 266 g/mol. The fourth-order valence-corrected chi connectivity index (χ4v) is 2.41. The second-order valence-corrected chi connectivity index (χ2v) is 6.88. The number of nitrogens with two attached hydrogens (primary N) is 1. The number of hydrogen-bond acceptors (Lipinski definition) is 5. The Morgan fingerprint density at radius 3 is 2.24 bits per heavy atom. The molecule has 0 fully saturated rings. The van der Waals surface area contributed by atoms with Gasteiger partial charge in [-0.05, 0) is 47.2 Å². The van der Waals surface area contributed by atoms with E-state index >= 15 is 0 Å². The lowest BCUT2D eigenvalue weighted by molar-refractivity contribution is -0.149. The normalized spacial score (nSPS) is 16.3. The molecule has 126 valence electrons. The maximum Gasteiger partial charge on any atom is 0.325 e. The van der Waals surface area contributed by atoms with E-state index in [4.69, 9.17) is 10.5 Å². The van der Waals surface area contributed by atoms with Crippen molar-refractivity contribution in [2.45, 2.75) is 52.6 Å². The van der Waals surface area contributed by atoms with Gasteiger partial charge >= 0.3 is 5.97 Å². The fraction of sp³-hybridized carbons (Fsp3) is 0.938. The predicted octanol–water partition coefficient (Wildman–Crippen LogP) is 1.57. The molecule has 0 aliphatic carbocycles. The summed E-state index contributed by atoms with van der Waals surface area (Å²) in [6, 6.07) is 0.242. The molecule has 0 spiro atoms. The van der Waals surface area contributed by atoms with Crippen molar-refractivity contribution in [3.05, 3.63) is 0 Å². The first-order chi connectivity index (χ1) is 9.60. The monoisotopic (exact) mass is 301 g/mol. The van der Waals surface area contributed by atoms with Gasteiger partial charge in [-0.2, -0.15) is 0 Å². The van der Waals surface area contributed by atoms with Crippen molar-refractivity contribution in [2.24, 2.45) is 11.7 Å². The molecule has 0 aromatic rings. The van der Waals surface area contributed by atoms with Crippen LogP contribution in [0.4, 0.5) is 0 Å². The summed E-state index contributed by atoms with van der Waals surface area (Å²) in [5, 5.41) is 0. The number of nitrogens with zero attached hydrogens (tertiary/aromatic N) is 2. The highest BCUT2D eigenvalue weighted by Gasteiger charge is 2.33. The van der Waals surface area contributed by atoms with Crippen molar-refractivity contribution in [3.8, 4) is 0 Å². The van der Waals surface area contributed by atoms with Gasteiger partial charge < -0.3 is 15.4 Å². The quantitative estimate of drug-likeness (QED) is 0.621. The summed E-state index contributed by atoms with van der Waals surface area (Å²) >= 11 is 0. The summed E-state index contributed by atoms with van der Waals surface area (Å²) < 4.78 is 5.08. The molecule has 0 aliphatic rings. The van der Waals surface area contributed by atoms with Gasteiger partial charge in [-0.1, -0.05) is 13.8 Å². The molecule has 2 N–H and O–H groups in total. The van der Waals surface area contributed by atoms with Crippen LogP contribution < -0.4 is 5.73 Å². The van der Waals surface area contributed by atoms with Crippen LogP contribution in [0.1, 0.15) is 41.0 Å². The molecule has 2 unspecified atom stereocenters. The van der Waals surface area contributed by atoms with Crippen molar-refractivity contribution >= 4 is 5.97 Å². The van der Waals surface area contributed by atoms with Crippen LogP contribution in [-0.4, -0.2) is 67.7 Å². The molecule has 21 heavy (non-hydrogen) atoms. The lowest BCUT2D eigenvalue weighted by Gasteiger charge is -2.35. The van der Waals surface area contributed by atoms with Crippen LogP contribution in [0.5, 0.6) is 0 Å². The Labute approximate surface area is 130 Å². The van der Waals surface area contributed by atoms with Gasteiger partial charge in [0.1, 0.15) is 5.54 Å². The van der Waals surface area contributed by atoms with E-state index in [-0.39, 0.29) is 12.0 Å². The van der Waals surface area contributed by atoms with Crippen molar-refractivity contribution in [3.63, 3.8) is 0 Å². The third-order valence-corrected chi connectivity index (χ3v) is 3.52. The van der Waals surface area contributed by atoms with Crippen LogP contribution in [-0.2, 0) is 9.53 Å². The zero-order valence-electron chi connectivity index (χ0n) is 15.0. The topological polar surface area (TPSA) is 58.8 Å². The highest BCUT2D eigenvalue weighted by molar-refractivity contribution is 5.80. The summed E-state index contributed by atoms with van der Waals surface area (Å²) in [6.45, 7) is 13.5. The average Bonchev–Trinajstić information content (AvgIpc) is 2.33. The van der Waals surface area contributed by atoms with Crippen LogP contribution in [0.25, 0.3) is 0 Å². The summed E-state index contributed by atoms with van der Waals surface area (Å²) in [4.78, 5) is 16.5. The van der Waals surface area contributed by atoms with E-state index in [1.807, 2.05) is 0 Å². The highest BCUT2D eigenvalue weighted by Crippen LogP contribution is 2.17. The highest BCUT2D eigenvalue weighted by atomic mass is 16.5. The molecule has 0 saturated heterocycles. The van der Waals surface area contributed by atoms with Crippen molar-refractivity contribution in [1.82, 2.24) is 9.80 Å². The Hall–Kier alpha value is -0.650. The van der Waals surface area contributed by atoms with Gasteiger partial charge in [0.15, 0.2) is 0 Å². The largest absolute Gasteiger partial charge is 0.465 e. The van der Waals surface area contributed by atoms with Crippen LogP contribution in [0, 0.1) is 5.92 Å². The van der Waals surface area contributed by atoms with Crippen LogP contribution in [0.2, 0.25) is 0 Å². The van der Waals surface area contributed by atoms with Gasteiger partial charge in [0.05, 0.1) is 6.61 Å². The van der Waals surface area contributed by atoms with Gasteiger partial charge in [0, 0.05) is 25.7 Å². The Bertz CT molecular complexity index is 304. The minimum Gasteiger partial charge on any atom is -0.465 e. The molecule has 0 aliphatic heterocycles. The molecule has 0 bridgehead atoms. The summed E-state index contributed by atoms with van der Waals surface area (Å²) in [7, 11) is 4.15. The van der Waals surface area contributed by atoms with Gasteiger partial charge in [-0.3, -0.25) is 9.69 Å². The smallest absolute Gasteiger partial charge is 0.325 e. The fourth-order valence-electron chi connectivity index (χ4n) is 2.41. The van der Waals surface area contributed by atoms with Gasteiger partial charge in [-0.25, -0.2) is 0 Å². The second kappa shape index (κ2) is 9.38. The van der Waals surface area contributed by atoms with E-state index < -0.39 is 5.54 Å². The number of carbonyl (C=O) groups is 1. The molecule has 0 saturated carbocycles. The van der Waals surface area contributed by atoms with E-state index in [0.29, 0.717) is 18.9 Å². The molecule has 2 atom stereocenters. The Kier molecular flexibility index (Phi) is 9.09. The molecule has 0 aromatic carbocycles. The molecule has 0 radical (unpaired) electrons. The SMILES string of the molecule is CCOC(=O)C(C)(N)CC(C)N(CCN(C)C)CC(C)C. The molecule has 0 rings (SSSR count). The van der Waals surface area contributed by atoms with E-state index in [9.17, 15) is 4.79 Å². The van der Waals surface area contributed by atoms with E-state index in [1.165, 1.54) is 0 Å². The average molecular weight is 301 g/mol. The molecule has 0 heterocycles. The number of ether oxygens (including phenoxy) is 1. The van der Waals surface area contributed by atoms with Gasteiger partial charge in [-0.15, -0.1) is 0 Å². The standard InChI is InChI=1S/C16H35N3O2/c1-8-21-15(20)16(5,17)11-14(4)19(12-13(2)3)10-9-18(6)7/h13-14H,8-12,17H2,1-7H3. The zero-order valence-corrected chi connectivity index (χ0v) is 15.0. The minimum atomic E-state index is -0.928. The van der Waals surface area contributed by atoms with Crippen LogP contribution in [0.15, 0.2) is 0 Å². The van der Waals surface area contributed by atoms with Crippen LogP contribution in [0.3, 0.4) is 0 Å². The first-order valence-electron chi connectivity index (χ1n) is 7.95. The molecule has 5 heteroatoms. The van der Waals surface area contributed by atoms with Gasteiger partial charge in [0.25, 0.3) is 0 Å². The summed E-state index contributed by atoms with van der Waals surface area (Å²) in [5.74, 6) is 0.273. The van der Waals surface area contributed by atoms with E-state index in [0.717, 1.165) is 19.6 Å². The van der Waals surface area contributed by atoms with Crippen LogP contribution >= 0.6 is 0 Å². The van der Waals surface area contributed by atoms with Gasteiger partial charge in [0.2, 0.25) is 0 Å². The zero-order chi connectivity index (χ0) is 16.6. The Morgan fingerprint density at radius 2 is 1.81 bits per heavy atom. The lowest BCUT2D eigenvalue weighted by Crippen LogP contribution is -2.52. The molecular formula is C16H35N3O2. The third-order valence-electron chi connectivity index (χ3n) is 3.52. The maximum absolute atomic E-state index is 11.9. The number of rotatable bonds is 10. The van der Waals surface area contributed by atoms with E-state index in [2.05, 4.69) is 44.7 Å². The minimum absolute atomic E-state index is 0.242. The molecule has 5 nitrogen and oxygen atoms in total. The summed E-state index contributed by atoms with van der Waals surface area (Å²) in [5.41, 5.74) is 5.23. The first kappa shape index (κ1) is 20.3. The molecule has 0 amide bonds. The van der Waals surface area contributed by atoms with Crippen molar-refractivity contribution < 1.29 is 9.53 Å². The number of esters is 1. The first-order valence-corrected chi connectivity index (χ1v) is 7.95. The lowest BCUT2D eigenvalue weighted by atomic mass is 9.93. The number of carbonyl (C=O) groups excluding carboxylic acids is 1. The number of likely N-dealkylation sites (N-methyl/N-ethyl adjacent to an activating group) is 1. The summed E-state index contributed by atoms with van der Waals surface area (Å²) in [6.07, 6.45) is 0.603. The van der Waals surface area contributed by atoms with Crippen molar-refractivity contribution in [1.29, 1.82) is 0 Å². The molecule has 0 aromatic heterocycles. The Balaban J connectivity index is 4.70. The second-order valence-electron chi connectivity index (χ2n) is 6.88. The number of hydrogen-bond donors (Lipinski definition) is 1. The third kappa shape index (κ3) is 8.39. The predicted molar refractivity (Wildman–Crippen MR) is 88.3 cm³/mol. The van der Waals surface area contributed by atoms with E-state index in [1.54, 1.807) is 13.8 Å².